The van der Waals surface area contributed by atoms with Crippen LogP contribution in [-0.2, 0) is 16.0 Å². The minimum Gasteiger partial charge on any atom is -0.392 e. The number of aromatic nitrogens is 1. The molecular weight excluding hydrogens is 444 g/mol. The Balaban J connectivity index is 1.79. The average Bonchev–Trinajstić information content (AvgIpc) is 3.12. The Hall–Kier alpha value is -1.63. The third-order valence-corrected chi connectivity index (χ3v) is 8.95. The molecule has 0 aromatic carbocycles. The topological polar surface area (TPSA) is 106 Å². The zero-order valence-electron chi connectivity index (χ0n) is 19.6. The van der Waals surface area contributed by atoms with Crippen LogP contribution in [0.1, 0.15) is 56.5 Å². The van der Waals surface area contributed by atoms with Crippen molar-refractivity contribution in [1.29, 1.82) is 5.26 Å². The second kappa shape index (κ2) is 10.1. The van der Waals surface area contributed by atoms with E-state index >= 15 is 0 Å². The third kappa shape index (κ3) is 4.82. The maximum Gasteiger partial charge on any atom is 0.236 e. The van der Waals surface area contributed by atoms with Crippen LogP contribution >= 0.6 is 23.1 Å². The first kappa shape index (κ1) is 25.0. The zero-order chi connectivity index (χ0) is 23.6. The molecular formula is C23H34N4O3S2. The number of anilines is 1. The quantitative estimate of drug-likeness (QED) is 0.621. The molecule has 0 radical (unpaired) electrons. The van der Waals surface area contributed by atoms with E-state index in [1.165, 1.54) is 16.6 Å². The number of rotatable bonds is 7. The van der Waals surface area contributed by atoms with E-state index in [2.05, 4.69) is 25.2 Å². The van der Waals surface area contributed by atoms with Crippen LogP contribution in [0.4, 0.5) is 5.13 Å². The Kier molecular flexibility index (Phi) is 7.89. The van der Waals surface area contributed by atoms with Crippen molar-refractivity contribution >= 4 is 40.0 Å². The first-order valence-electron chi connectivity index (χ1n) is 11.2. The van der Waals surface area contributed by atoms with E-state index < -0.39 is 6.10 Å². The number of hydrogen-bond donors (Lipinski definition) is 2. The van der Waals surface area contributed by atoms with Gasteiger partial charge in [0.05, 0.1) is 30.0 Å². The second-order valence-corrected chi connectivity index (χ2v) is 11.6. The van der Waals surface area contributed by atoms with E-state index in [1.807, 2.05) is 13.2 Å². The normalized spacial score (nSPS) is 29.9. The highest BCUT2D eigenvalue weighted by atomic mass is 32.2. The fourth-order valence-electron chi connectivity index (χ4n) is 5.75. The van der Waals surface area contributed by atoms with E-state index in [-0.39, 0.29) is 40.9 Å². The van der Waals surface area contributed by atoms with Gasteiger partial charge >= 0.3 is 0 Å². The number of thiazole rings is 1. The number of nitrogens with zero attached hydrogens (tertiary/aromatic N) is 3. The molecule has 2 aliphatic rings. The lowest BCUT2D eigenvalue weighted by molar-refractivity contribution is -0.143. The van der Waals surface area contributed by atoms with Crippen molar-refractivity contribution in [1.82, 2.24) is 9.88 Å². The predicted octanol–water partition coefficient (Wildman–Crippen LogP) is 3.51. The van der Waals surface area contributed by atoms with Crippen LogP contribution in [-0.4, -0.2) is 58.5 Å². The van der Waals surface area contributed by atoms with Crippen molar-refractivity contribution in [2.45, 2.75) is 58.5 Å². The molecule has 2 N–H and O–H groups in total. The number of nitrogens with one attached hydrogen (secondary N) is 1. The molecule has 1 fully saturated rings. The summed E-state index contributed by atoms with van der Waals surface area (Å²) < 4.78 is 0. The number of aliphatic hydroxyl groups excluding tert-OH is 1. The Morgan fingerprint density at radius 3 is 2.88 bits per heavy atom. The first-order valence-corrected chi connectivity index (χ1v) is 13.4. The van der Waals surface area contributed by atoms with E-state index in [4.69, 9.17) is 10.2 Å². The Morgan fingerprint density at radius 1 is 1.50 bits per heavy atom. The van der Waals surface area contributed by atoms with Gasteiger partial charge < -0.3 is 15.3 Å². The van der Waals surface area contributed by atoms with Gasteiger partial charge in [0, 0.05) is 30.3 Å². The van der Waals surface area contributed by atoms with Gasteiger partial charge in [-0.25, -0.2) is 4.98 Å². The van der Waals surface area contributed by atoms with Gasteiger partial charge in [-0.1, -0.05) is 20.8 Å². The summed E-state index contributed by atoms with van der Waals surface area (Å²) in [5.41, 5.74) is 0.909. The minimum absolute atomic E-state index is 0.00487. The number of thioether (sulfide) groups is 1. The number of carbonyl (C=O) groups excluding carboxylic acids is 2. The third-order valence-electron chi connectivity index (χ3n) is 7.41. The van der Waals surface area contributed by atoms with Crippen molar-refractivity contribution in [3.63, 3.8) is 0 Å². The van der Waals surface area contributed by atoms with E-state index in [0.29, 0.717) is 23.8 Å². The second-order valence-electron chi connectivity index (χ2n) is 9.60. The van der Waals surface area contributed by atoms with Crippen molar-refractivity contribution in [3.05, 3.63) is 10.6 Å². The summed E-state index contributed by atoms with van der Waals surface area (Å²) in [6.07, 6.45) is 4.17. The van der Waals surface area contributed by atoms with Crippen LogP contribution < -0.4 is 5.32 Å². The fourth-order valence-corrected chi connectivity index (χ4v) is 7.36. The highest BCUT2D eigenvalue weighted by Gasteiger charge is 2.54. The van der Waals surface area contributed by atoms with Crippen LogP contribution in [0, 0.1) is 34.5 Å². The number of carbonyl (C=O) groups is 2. The molecule has 0 saturated heterocycles. The summed E-state index contributed by atoms with van der Waals surface area (Å²) in [4.78, 5) is 32.5. The van der Waals surface area contributed by atoms with Crippen LogP contribution in [0.5, 0.6) is 0 Å². The molecule has 1 aromatic rings. The standard InChI is InChI=1S/C23H34N4O3S2/c1-13(21(30)27(4)10-6-9-24)15-7-8-23(3)11-16-19(14(2)18(23)20(15)29)26-22(32-16)25-17(28)12-31-5/h13-15,18,20,29H,6-8,10-12H2,1-5H3,(H,25,26,28)/t13-,14+,15+,18+,20-,23+/m0/s1. The van der Waals surface area contributed by atoms with Crippen LogP contribution in [0.15, 0.2) is 0 Å². The summed E-state index contributed by atoms with van der Waals surface area (Å²) in [5, 5.41) is 23.9. The molecule has 0 unspecified atom stereocenters. The number of amides is 2. The molecule has 32 heavy (non-hydrogen) atoms. The van der Waals surface area contributed by atoms with Gasteiger partial charge in [0.15, 0.2) is 5.13 Å². The lowest BCUT2D eigenvalue weighted by Gasteiger charge is -2.53. The molecule has 2 aliphatic carbocycles. The lowest BCUT2D eigenvalue weighted by Crippen LogP contribution is -2.53. The summed E-state index contributed by atoms with van der Waals surface area (Å²) >= 11 is 3.03. The monoisotopic (exact) mass is 478 g/mol. The average molecular weight is 479 g/mol. The van der Waals surface area contributed by atoms with Gasteiger partial charge in [-0.3, -0.25) is 9.59 Å². The summed E-state index contributed by atoms with van der Waals surface area (Å²) in [7, 11) is 1.73. The molecule has 0 bridgehead atoms. The molecule has 1 saturated carbocycles. The number of aliphatic hydroxyl groups is 1. The van der Waals surface area contributed by atoms with Crippen molar-refractivity contribution in [2.75, 3.05) is 30.9 Å². The molecule has 1 heterocycles. The molecule has 2 amide bonds. The minimum atomic E-state index is -0.601. The predicted molar refractivity (Wildman–Crippen MR) is 129 cm³/mol. The first-order chi connectivity index (χ1) is 15.1. The summed E-state index contributed by atoms with van der Waals surface area (Å²) in [6.45, 7) is 6.68. The molecule has 7 nitrogen and oxygen atoms in total. The molecule has 6 atom stereocenters. The number of hydrogen-bond acceptors (Lipinski definition) is 7. The molecule has 3 rings (SSSR count). The van der Waals surface area contributed by atoms with Crippen LogP contribution in [0.3, 0.4) is 0 Å². The van der Waals surface area contributed by atoms with Gasteiger partial charge in [-0.2, -0.15) is 17.0 Å². The van der Waals surface area contributed by atoms with Crippen LogP contribution in [0.2, 0.25) is 0 Å². The van der Waals surface area contributed by atoms with Gasteiger partial charge in [0.2, 0.25) is 11.8 Å². The smallest absolute Gasteiger partial charge is 0.236 e. The SMILES string of the molecule is CSCC(=O)Nc1nc2c(s1)C[C@@]1(C)CC[C@H]([C@H](C)C(=O)N(C)CCC#N)[C@H](O)[C@H]1[C@H]2C. The van der Waals surface area contributed by atoms with Gasteiger partial charge in [0.1, 0.15) is 0 Å². The van der Waals surface area contributed by atoms with E-state index in [9.17, 15) is 14.7 Å². The highest BCUT2D eigenvalue weighted by Crippen LogP contribution is 2.57. The van der Waals surface area contributed by atoms with Gasteiger partial charge in [-0.05, 0) is 42.8 Å². The molecule has 176 valence electrons. The van der Waals surface area contributed by atoms with Gasteiger partial charge in [-0.15, -0.1) is 11.3 Å². The summed E-state index contributed by atoms with van der Waals surface area (Å²) in [6, 6.07) is 2.08. The molecule has 1 aromatic heterocycles. The Labute approximate surface area is 199 Å². The van der Waals surface area contributed by atoms with Gasteiger partial charge in [0.25, 0.3) is 0 Å². The largest absolute Gasteiger partial charge is 0.392 e. The van der Waals surface area contributed by atoms with Crippen molar-refractivity contribution < 1.29 is 14.7 Å². The maximum absolute atomic E-state index is 12.9. The van der Waals surface area contributed by atoms with Crippen molar-refractivity contribution in [2.24, 2.45) is 23.2 Å². The fraction of sp³-hybridized carbons (Fsp3) is 0.739. The Morgan fingerprint density at radius 2 is 2.22 bits per heavy atom. The van der Waals surface area contributed by atoms with Crippen LogP contribution in [0.25, 0.3) is 0 Å². The number of nitriles is 1. The maximum atomic E-state index is 12.9. The van der Waals surface area contributed by atoms with E-state index in [1.54, 1.807) is 23.3 Å². The lowest BCUT2D eigenvalue weighted by atomic mass is 9.53. The summed E-state index contributed by atoms with van der Waals surface area (Å²) in [5.74, 6) is -0.0303. The highest BCUT2D eigenvalue weighted by molar-refractivity contribution is 7.99. The number of fused-ring (bicyclic) bond motifs is 2. The Bertz CT molecular complexity index is 898. The molecule has 0 aliphatic heterocycles. The zero-order valence-corrected chi connectivity index (χ0v) is 21.2. The van der Waals surface area contributed by atoms with E-state index in [0.717, 1.165) is 25.0 Å². The van der Waals surface area contributed by atoms with Crippen molar-refractivity contribution in [3.8, 4) is 6.07 Å². The molecule has 0 spiro atoms. The molecule has 9 heteroatoms.